The van der Waals surface area contributed by atoms with Crippen molar-refractivity contribution in [1.29, 1.82) is 0 Å². The number of carbonyl (C=O) groups excluding carboxylic acids is 1. The van der Waals surface area contributed by atoms with Gasteiger partial charge in [-0.25, -0.2) is 0 Å². The molecule has 0 fully saturated rings. The van der Waals surface area contributed by atoms with Crippen LogP contribution in [-0.2, 0) is 14.0 Å². The summed E-state index contributed by atoms with van der Waals surface area (Å²) in [4.78, 5) is 11.2. The first kappa shape index (κ1) is 25.7. The van der Waals surface area contributed by atoms with E-state index in [-0.39, 0.29) is 11.0 Å². The van der Waals surface area contributed by atoms with Crippen molar-refractivity contribution < 1.29 is 14.0 Å². The number of allylic oxidation sites excluding steroid dienone is 2. The molecule has 0 bridgehead atoms. The fourth-order valence-corrected chi connectivity index (χ4v) is 5.30. The van der Waals surface area contributed by atoms with Gasteiger partial charge >= 0.3 is 5.97 Å². The van der Waals surface area contributed by atoms with Gasteiger partial charge in [-0.05, 0) is 55.0 Å². The predicted molar refractivity (Wildman–Crippen MR) is 133 cm³/mol. The molecule has 3 nitrogen and oxygen atoms in total. The van der Waals surface area contributed by atoms with E-state index in [1.165, 1.54) is 50.5 Å². The molecule has 174 valence electrons. The monoisotopic (exact) mass is 444 g/mol. The molecule has 31 heavy (non-hydrogen) atoms. The smallest absolute Gasteiger partial charge is 0.305 e. The predicted octanol–water partition coefficient (Wildman–Crippen LogP) is 8.13. The molecule has 0 aromatic heterocycles. The summed E-state index contributed by atoms with van der Waals surface area (Å²) in [7, 11) is -0.356. The van der Waals surface area contributed by atoms with Crippen LogP contribution in [0.15, 0.2) is 41.7 Å². The molecule has 1 atom stereocenters. The maximum atomic E-state index is 11.2. The van der Waals surface area contributed by atoms with Crippen LogP contribution in [0, 0.1) is 0 Å². The molecule has 0 saturated heterocycles. The first-order valence-corrected chi connectivity index (χ1v) is 15.1. The minimum absolute atomic E-state index is 0.0885. The van der Waals surface area contributed by atoms with Crippen LogP contribution >= 0.6 is 0 Å². The third-order valence-electron chi connectivity index (χ3n) is 7.13. The van der Waals surface area contributed by atoms with Gasteiger partial charge in [0, 0.05) is 18.8 Å². The quantitative estimate of drug-likeness (QED) is 0.185. The summed E-state index contributed by atoms with van der Waals surface area (Å²) >= 11 is 0. The van der Waals surface area contributed by atoms with Crippen LogP contribution in [0.3, 0.4) is 0 Å². The average Bonchev–Trinajstić information content (AvgIpc) is 3.11. The molecule has 1 aromatic carbocycles. The lowest BCUT2D eigenvalue weighted by molar-refractivity contribution is -0.140. The fourth-order valence-electron chi connectivity index (χ4n) is 4.14. The maximum Gasteiger partial charge on any atom is 0.305 e. The van der Waals surface area contributed by atoms with Crippen LogP contribution in [0.5, 0.6) is 0 Å². The number of unbranched alkanes of at least 4 members (excludes halogenated alkanes) is 5. The topological polar surface area (TPSA) is 35.5 Å². The Morgan fingerprint density at radius 2 is 1.61 bits per heavy atom. The van der Waals surface area contributed by atoms with E-state index >= 15 is 0 Å². The van der Waals surface area contributed by atoms with E-state index in [1.54, 1.807) is 5.57 Å². The Morgan fingerprint density at radius 1 is 1.00 bits per heavy atom. The molecule has 0 radical (unpaired) electrons. The lowest BCUT2D eigenvalue weighted by Crippen LogP contribution is -2.40. The lowest BCUT2D eigenvalue weighted by atomic mass is 9.89. The molecule has 1 unspecified atom stereocenters. The number of ether oxygens (including phenoxy) is 1. The van der Waals surface area contributed by atoms with Crippen molar-refractivity contribution >= 4 is 14.3 Å². The number of esters is 1. The Morgan fingerprint density at radius 3 is 2.23 bits per heavy atom. The Bertz CT molecular complexity index is 716. The molecule has 4 heteroatoms. The number of methoxy groups -OCH3 is 1. The van der Waals surface area contributed by atoms with Gasteiger partial charge in [-0.3, -0.25) is 4.79 Å². The van der Waals surface area contributed by atoms with Gasteiger partial charge < -0.3 is 9.16 Å². The maximum absolute atomic E-state index is 11.2. The highest BCUT2D eigenvalue weighted by molar-refractivity contribution is 6.74. The zero-order valence-electron chi connectivity index (χ0n) is 20.8. The molecule has 1 aliphatic rings. The molecular formula is C27H44O3Si. The largest absolute Gasteiger partial charge is 0.547 e. The van der Waals surface area contributed by atoms with Crippen molar-refractivity contribution in [1.82, 2.24) is 0 Å². The molecule has 0 spiro atoms. The number of hydrogen-bond donors (Lipinski definition) is 0. The normalized spacial score (nSPS) is 17.2. The standard InChI is InChI=1S/C27H44O3Si/c1-27(2,3)31(5,6)30-25-21-20-23(22-16-12-11-13-17-22)24(25)18-14-9-7-8-10-15-19-26(28)29-4/h11-13,16-17,23H,7-10,14-15,18-21H2,1-6H3. The van der Waals surface area contributed by atoms with Gasteiger partial charge in [-0.2, -0.15) is 0 Å². The molecular weight excluding hydrogens is 400 g/mol. The molecule has 0 aliphatic heterocycles. The van der Waals surface area contributed by atoms with E-state index in [0.717, 1.165) is 25.7 Å². The van der Waals surface area contributed by atoms with Gasteiger partial charge in [-0.15, -0.1) is 0 Å². The van der Waals surface area contributed by atoms with Crippen LogP contribution in [0.4, 0.5) is 0 Å². The summed E-state index contributed by atoms with van der Waals surface area (Å²) in [6.45, 7) is 11.7. The van der Waals surface area contributed by atoms with E-state index in [0.29, 0.717) is 12.3 Å². The molecule has 1 aromatic rings. The third-order valence-corrected chi connectivity index (χ3v) is 11.5. The highest BCUT2D eigenvalue weighted by Gasteiger charge is 2.41. The summed E-state index contributed by atoms with van der Waals surface area (Å²) < 4.78 is 11.6. The Kier molecular flexibility index (Phi) is 9.86. The Hall–Kier alpha value is -1.55. The van der Waals surface area contributed by atoms with Crippen LogP contribution in [-0.4, -0.2) is 21.4 Å². The minimum atomic E-state index is -1.82. The Balaban J connectivity index is 1.95. The number of carbonyl (C=O) groups is 1. The molecule has 0 N–H and O–H groups in total. The number of hydrogen-bond acceptors (Lipinski definition) is 3. The van der Waals surface area contributed by atoms with Gasteiger partial charge in [0.1, 0.15) is 0 Å². The summed E-state index contributed by atoms with van der Waals surface area (Å²) in [5.41, 5.74) is 3.00. The van der Waals surface area contributed by atoms with E-state index in [2.05, 4.69) is 64.2 Å². The number of rotatable bonds is 12. The highest BCUT2D eigenvalue weighted by atomic mass is 28.4. The molecule has 0 heterocycles. The van der Waals surface area contributed by atoms with E-state index in [4.69, 9.17) is 9.16 Å². The summed E-state index contributed by atoms with van der Waals surface area (Å²) in [6, 6.07) is 11.0. The first-order valence-electron chi connectivity index (χ1n) is 12.2. The van der Waals surface area contributed by atoms with E-state index in [1.807, 2.05) is 0 Å². The fraction of sp³-hybridized carbons (Fsp3) is 0.667. The van der Waals surface area contributed by atoms with Gasteiger partial charge in [0.2, 0.25) is 8.32 Å². The van der Waals surface area contributed by atoms with Crippen molar-refractivity contribution in [3.8, 4) is 0 Å². The van der Waals surface area contributed by atoms with E-state index in [9.17, 15) is 4.79 Å². The SMILES string of the molecule is COC(=O)CCCCCCCCC1=C(O[Si](C)(C)C(C)(C)C)CCC1c1ccccc1. The highest BCUT2D eigenvalue weighted by Crippen LogP contribution is 2.46. The molecule has 1 aliphatic carbocycles. The summed E-state index contributed by atoms with van der Waals surface area (Å²) in [5, 5.41) is 0.222. The zero-order valence-corrected chi connectivity index (χ0v) is 21.8. The van der Waals surface area contributed by atoms with Gasteiger partial charge in [0.25, 0.3) is 0 Å². The van der Waals surface area contributed by atoms with Gasteiger partial charge in [0.15, 0.2) is 0 Å². The average molecular weight is 445 g/mol. The van der Waals surface area contributed by atoms with Crippen molar-refractivity contribution in [3.05, 3.63) is 47.2 Å². The first-order chi connectivity index (χ1) is 14.7. The third kappa shape index (κ3) is 7.82. The van der Waals surface area contributed by atoms with Gasteiger partial charge in [-0.1, -0.05) is 76.8 Å². The number of benzene rings is 1. The summed E-state index contributed by atoms with van der Waals surface area (Å²) in [6.07, 6.45) is 10.9. The molecule has 2 rings (SSSR count). The van der Waals surface area contributed by atoms with Crippen molar-refractivity contribution in [2.75, 3.05) is 7.11 Å². The van der Waals surface area contributed by atoms with Crippen LogP contribution < -0.4 is 0 Å². The van der Waals surface area contributed by atoms with Crippen molar-refractivity contribution in [2.24, 2.45) is 0 Å². The van der Waals surface area contributed by atoms with Crippen LogP contribution in [0.25, 0.3) is 0 Å². The van der Waals surface area contributed by atoms with Crippen LogP contribution in [0.1, 0.15) is 96.5 Å². The van der Waals surface area contributed by atoms with E-state index < -0.39 is 8.32 Å². The zero-order chi connectivity index (χ0) is 22.9. The second-order valence-electron chi connectivity index (χ2n) is 10.5. The van der Waals surface area contributed by atoms with Crippen molar-refractivity contribution in [3.63, 3.8) is 0 Å². The Labute approximate surface area is 191 Å². The van der Waals surface area contributed by atoms with Crippen LogP contribution in [0.2, 0.25) is 18.1 Å². The van der Waals surface area contributed by atoms with Crippen molar-refractivity contribution in [2.45, 2.75) is 109 Å². The second kappa shape index (κ2) is 11.9. The molecule has 0 saturated carbocycles. The second-order valence-corrected chi connectivity index (χ2v) is 15.2. The minimum Gasteiger partial charge on any atom is -0.547 e. The summed E-state index contributed by atoms with van der Waals surface area (Å²) in [5.74, 6) is 1.73. The van der Waals surface area contributed by atoms with Gasteiger partial charge in [0.05, 0.1) is 12.9 Å². The lowest BCUT2D eigenvalue weighted by Gasteiger charge is -2.37. The molecule has 0 amide bonds.